The molecule has 0 unspecified atom stereocenters. The van der Waals surface area contributed by atoms with E-state index < -0.39 is 11.7 Å². The van der Waals surface area contributed by atoms with Crippen LogP contribution in [0.5, 0.6) is 0 Å². The number of hydrogen-bond donors (Lipinski definition) is 3. The highest BCUT2D eigenvalue weighted by molar-refractivity contribution is 6.35. The maximum atomic E-state index is 11.4. The van der Waals surface area contributed by atoms with Crippen molar-refractivity contribution in [1.29, 1.82) is 0 Å². The van der Waals surface area contributed by atoms with Gasteiger partial charge in [-0.2, -0.15) is 13.2 Å². The maximum absolute atomic E-state index is 11.4. The van der Waals surface area contributed by atoms with Crippen molar-refractivity contribution in [3.63, 3.8) is 0 Å². The molecule has 1 amide bonds. The minimum Gasteiger partial charge on any atom is -0.340 e. The highest BCUT2D eigenvalue weighted by Gasteiger charge is 2.28. The number of aliphatic imine (C=N–C) groups is 1. The molecule has 0 spiro atoms. The van der Waals surface area contributed by atoms with Crippen molar-refractivity contribution in [3.8, 4) is 0 Å². The van der Waals surface area contributed by atoms with E-state index in [2.05, 4.69) is 27.7 Å². The third-order valence-electron chi connectivity index (χ3n) is 3.83. The lowest BCUT2D eigenvalue weighted by Gasteiger charge is -2.11. The number of alkyl halides is 3. The van der Waals surface area contributed by atoms with Crippen LogP contribution in [0.2, 0.25) is 10.0 Å². The largest absolute Gasteiger partial charge is 0.412 e. The summed E-state index contributed by atoms with van der Waals surface area (Å²) in [4.78, 5) is 14.3. The molecule has 0 aliphatic carbocycles. The molecule has 0 saturated carbocycles. The zero-order valence-corrected chi connectivity index (χ0v) is 21.4. The Bertz CT molecular complexity index is 1020. The van der Waals surface area contributed by atoms with Gasteiger partial charge in [0.25, 0.3) is 0 Å². The summed E-state index contributed by atoms with van der Waals surface area (Å²) < 4.78 is 34.1. The summed E-state index contributed by atoms with van der Waals surface area (Å²) in [5, 5.41) is 4.51. The molecule has 190 valence electrons. The smallest absolute Gasteiger partial charge is 0.340 e. The van der Waals surface area contributed by atoms with E-state index in [0.29, 0.717) is 15.9 Å². The molecule has 35 heavy (non-hydrogen) atoms. The number of carbonyl (C=O) groups excluding carboxylic acids is 1. The third kappa shape index (κ3) is 14.6. The van der Waals surface area contributed by atoms with Gasteiger partial charge in [-0.3, -0.25) is 10.2 Å². The molecule has 0 fully saturated rings. The fourth-order valence-electron chi connectivity index (χ4n) is 1.97. The van der Waals surface area contributed by atoms with Gasteiger partial charge >= 0.3 is 6.18 Å². The molecule has 0 atom stereocenters. The van der Waals surface area contributed by atoms with Gasteiger partial charge in [0.05, 0.1) is 5.02 Å². The summed E-state index contributed by atoms with van der Waals surface area (Å²) >= 11 is 12.0. The SMILES string of the molecule is C/C=C(\C)C(F)(F)F.C/C=C/NNC(C)=O.C=CN=C(Nc1ccc(Cl)cc1)c1ccccc1Cl. The van der Waals surface area contributed by atoms with E-state index >= 15 is 0 Å². The van der Waals surface area contributed by atoms with Gasteiger partial charge in [0.15, 0.2) is 0 Å². The number of rotatable bonds is 5. The van der Waals surface area contributed by atoms with Crippen molar-refractivity contribution in [2.75, 3.05) is 5.32 Å². The molecular formula is C25H29Cl2F3N4O. The summed E-state index contributed by atoms with van der Waals surface area (Å²) in [5.41, 5.74) is 6.08. The highest BCUT2D eigenvalue weighted by Crippen LogP contribution is 2.24. The lowest BCUT2D eigenvalue weighted by Crippen LogP contribution is -2.30. The number of hydrogen-bond acceptors (Lipinski definition) is 3. The summed E-state index contributed by atoms with van der Waals surface area (Å²) in [6, 6.07) is 14.9. The van der Waals surface area contributed by atoms with Gasteiger partial charge in [-0.15, -0.1) is 0 Å². The molecule has 0 radical (unpaired) electrons. The molecule has 2 aromatic rings. The van der Waals surface area contributed by atoms with E-state index in [1.807, 2.05) is 55.5 Å². The molecule has 0 aliphatic rings. The Morgan fingerprint density at radius 2 is 1.63 bits per heavy atom. The van der Waals surface area contributed by atoms with Crippen LogP contribution in [0.1, 0.15) is 33.3 Å². The Morgan fingerprint density at radius 1 is 1.03 bits per heavy atom. The van der Waals surface area contributed by atoms with Crippen molar-refractivity contribution < 1.29 is 18.0 Å². The summed E-state index contributed by atoms with van der Waals surface area (Å²) in [5.74, 6) is 0.547. The first kappa shape index (κ1) is 31.8. The highest BCUT2D eigenvalue weighted by atomic mass is 35.5. The quantitative estimate of drug-likeness (QED) is 0.161. The summed E-state index contributed by atoms with van der Waals surface area (Å²) in [7, 11) is 0. The number of nitrogens with one attached hydrogen (secondary N) is 3. The molecular weight excluding hydrogens is 500 g/mol. The van der Waals surface area contributed by atoms with E-state index in [1.165, 1.54) is 20.0 Å². The van der Waals surface area contributed by atoms with Gasteiger partial charge < -0.3 is 10.7 Å². The van der Waals surface area contributed by atoms with Crippen LogP contribution in [0.4, 0.5) is 18.9 Å². The molecule has 0 aliphatic heterocycles. The third-order valence-corrected chi connectivity index (χ3v) is 4.42. The van der Waals surface area contributed by atoms with Crippen molar-refractivity contribution in [2.45, 2.75) is 33.9 Å². The first-order valence-electron chi connectivity index (χ1n) is 10.3. The number of carbonyl (C=O) groups is 1. The van der Waals surface area contributed by atoms with E-state index in [9.17, 15) is 18.0 Å². The lowest BCUT2D eigenvalue weighted by molar-refractivity contribution is -0.119. The minimum atomic E-state index is -4.13. The number of hydrazine groups is 1. The van der Waals surface area contributed by atoms with Crippen LogP contribution in [0.3, 0.4) is 0 Å². The number of amidine groups is 1. The Morgan fingerprint density at radius 3 is 2.06 bits per heavy atom. The molecule has 3 N–H and O–H groups in total. The summed E-state index contributed by atoms with van der Waals surface area (Å²) in [6.07, 6.45) is 1.81. The van der Waals surface area contributed by atoms with Crippen molar-refractivity contribution in [2.24, 2.45) is 4.99 Å². The molecule has 0 heterocycles. The number of nitrogens with zero attached hydrogens (tertiary/aromatic N) is 1. The Hall–Kier alpha value is -3.23. The van der Waals surface area contributed by atoms with Crippen LogP contribution in [-0.4, -0.2) is 17.9 Å². The normalized spacial score (nSPS) is 11.5. The van der Waals surface area contributed by atoms with Gasteiger partial charge in [0.1, 0.15) is 5.84 Å². The molecule has 0 aromatic heterocycles. The monoisotopic (exact) mass is 528 g/mol. The van der Waals surface area contributed by atoms with E-state index in [4.69, 9.17) is 23.2 Å². The van der Waals surface area contributed by atoms with E-state index in [1.54, 1.807) is 12.3 Å². The molecule has 10 heteroatoms. The van der Waals surface area contributed by atoms with Gasteiger partial charge in [0, 0.05) is 41.2 Å². The van der Waals surface area contributed by atoms with Gasteiger partial charge in [-0.05, 0) is 57.2 Å². The zero-order chi connectivity index (χ0) is 26.9. The second-order valence-electron chi connectivity index (χ2n) is 6.57. The second-order valence-corrected chi connectivity index (χ2v) is 7.41. The van der Waals surface area contributed by atoms with Gasteiger partial charge in [0.2, 0.25) is 5.91 Å². The Balaban J connectivity index is 0.000000601. The molecule has 0 bridgehead atoms. The van der Waals surface area contributed by atoms with Crippen molar-refractivity contribution in [1.82, 2.24) is 10.9 Å². The fourth-order valence-corrected chi connectivity index (χ4v) is 2.33. The van der Waals surface area contributed by atoms with Crippen LogP contribution in [-0.2, 0) is 4.79 Å². The van der Waals surface area contributed by atoms with Crippen molar-refractivity contribution >= 4 is 40.6 Å². The number of halogens is 5. The van der Waals surface area contributed by atoms with E-state index in [0.717, 1.165) is 24.3 Å². The first-order valence-corrected chi connectivity index (χ1v) is 11.0. The van der Waals surface area contributed by atoms with Crippen LogP contribution in [0, 0.1) is 0 Å². The van der Waals surface area contributed by atoms with Crippen LogP contribution >= 0.6 is 23.2 Å². The topological polar surface area (TPSA) is 65.5 Å². The van der Waals surface area contributed by atoms with Crippen LogP contribution < -0.4 is 16.2 Å². The zero-order valence-electron chi connectivity index (χ0n) is 19.9. The maximum Gasteiger partial charge on any atom is 0.412 e. The number of amides is 1. The Kier molecular flexibility index (Phi) is 15.7. The van der Waals surface area contributed by atoms with Crippen molar-refractivity contribution in [3.05, 3.63) is 101 Å². The molecule has 5 nitrogen and oxygen atoms in total. The van der Waals surface area contributed by atoms with Gasteiger partial charge in [-0.1, -0.05) is 54.1 Å². The van der Waals surface area contributed by atoms with Crippen LogP contribution in [0.25, 0.3) is 0 Å². The molecule has 2 rings (SSSR count). The number of anilines is 1. The second kappa shape index (κ2) is 17.2. The molecule has 0 saturated heterocycles. The number of allylic oxidation sites excluding steroid dienone is 3. The van der Waals surface area contributed by atoms with Gasteiger partial charge in [-0.25, -0.2) is 4.99 Å². The number of benzene rings is 2. The van der Waals surface area contributed by atoms with E-state index in [-0.39, 0.29) is 5.91 Å². The van der Waals surface area contributed by atoms with Crippen LogP contribution in [0.15, 0.2) is 90.2 Å². The standard InChI is InChI=1S/C15H12Cl2N2.C5H7F3.C5H10N2O/c1-2-18-15(13-5-3-4-6-14(13)17)19-12-9-7-11(16)8-10-12;1-3-4(2)5(6,7)8;1-3-4-6-7-5(2)8/h2-10H,1H2,(H,18,19);3H,1-2H3;3-4,6H,1-2H3,(H,7,8)/b;2*4-3+. The lowest BCUT2D eigenvalue weighted by atomic mass is 10.2. The minimum absolute atomic E-state index is 0.0944. The predicted octanol–water partition coefficient (Wildman–Crippen LogP) is 7.67. The fraction of sp³-hybridized carbons (Fsp3) is 0.200. The Labute approximate surface area is 214 Å². The summed E-state index contributed by atoms with van der Waals surface area (Å²) in [6.45, 7) is 9.32. The average molecular weight is 529 g/mol. The average Bonchev–Trinajstić information content (AvgIpc) is 2.80. The predicted molar refractivity (Wildman–Crippen MR) is 141 cm³/mol. The first-order chi connectivity index (χ1) is 16.5. The molecule has 2 aromatic carbocycles.